The summed E-state index contributed by atoms with van der Waals surface area (Å²) in [5, 5.41) is 28.1. The minimum Gasteiger partial charge on any atom is -0.477 e. The highest BCUT2D eigenvalue weighted by molar-refractivity contribution is 5.93. The number of nitriles is 1. The van der Waals surface area contributed by atoms with Crippen molar-refractivity contribution in [1.82, 2.24) is 0 Å². The summed E-state index contributed by atoms with van der Waals surface area (Å²) in [5.74, 6) is -1.45. The lowest BCUT2D eigenvalue weighted by Crippen LogP contribution is -2.07. The molecule has 0 unspecified atom stereocenters. The van der Waals surface area contributed by atoms with Gasteiger partial charge in [-0.2, -0.15) is 5.26 Å². The molecule has 0 bridgehead atoms. The average Bonchev–Trinajstić information content (AvgIpc) is 2.26. The van der Waals surface area contributed by atoms with E-state index in [9.17, 15) is 14.9 Å². The van der Waals surface area contributed by atoms with Gasteiger partial charge in [0.2, 0.25) is 0 Å². The molecule has 0 fully saturated rings. The summed E-state index contributed by atoms with van der Waals surface area (Å²) in [7, 11) is 0. The van der Waals surface area contributed by atoms with Gasteiger partial charge >= 0.3 is 5.97 Å². The first kappa shape index (κ1) is 11.6. The first-order chi connectivity index (χ1) is 7.51. The zero-order chi connectivity index (χ0) is 12.3. The molecule has 1 aromatic rings. The van der Waals surface area contributed by atoms with E-state index in [1.54, 1.807) is 6.07 Å². The van der Waals surface area contributed by atoms with E-state index in [2.05, 4.69) is 0 Å². The molecule has 0 aliphatic heterocycles. The molecule has 16 heavy (non-hydrogen) atoms. The number of nitro groups is 1. The monoisotopic (exact) mass is 221 g/mol. The van der Waals surface area contributed by atoms with Crippen LogP contribution in [0.1, 0.15) is 21.5 Å². The lowest BCUT2D eigenvalue weighted by molar-refractivity contribution is -0.385. The van der Waals surface area contributed by atoms with Crippen LogP contribution in [-0.4, -0.2) is 16.0 Å². The molecule has 7 heteroatoms. The number of hydrogen-bond donors (Lipinski definition) is 2. The van der Waals surface area contributed by atoms with E-state index in [-0.39, 0.29) is 17.7 Å². The predicted octanol–water partition coefficient (Wildman–Crippen LogP) is 0.623. The van der Waals surface area contributed by atoms with Crippen LogP contribution in [0, 0.1) is 21.4 Å². The summed E-state index contributed by atoms with van der Waals surface area (Å²) in [4.78, 5) is 20.5. The van der Waals surface area contributed by atoms with Gasteiger partial charge in [-0.15, -0.1) is 0 Å². The lowest BCUT2D eigenvalue weighted by atomic mass is 10.0. The second-order valence-electron chi connectivity index (χ2n) is 2.90. The number of nitrogens with two attached hydrogens (primary N) is 1. The third-order valence-corrected chi connectivity index (χ3v) is 1.99. The van der Waals surface area contributed by atoms with Crippen LogP contribution >= 0.6 is 0 Å². The normalized spacial score (nSPS) is 9.50. The number of carboxylic acids is 1. The number of carboxylic acid groups (broad SMARTS) is 1. The number of aromatic carboxylic acids is 1. The number of nitrogens with zero attached hydrogens (tertiary/aromatic N) is 2. The first-order valence-corrected chi connectivity index (χ1v) is 4.16. The van der Waals surface area contributed by atoms with Crippen molar-refractivity contribution in [3.05, 3.63) is 38.9 Å². The molecule has 1 rings (SSSR count). The Kier molecular flexibility index (Phi) is 3.17. The van der Waals surface area contributed by atoms with Crippen LogP contribution in [0.15, 0.2) is 12.1 Å². The molecule has 1 aromatic carbocycles. The number of nitro benzene ring substituents is 1. The molecular formula is C9H7N3O4. The second-order valence-corrected chi connectivity index (χ2v) is 2.90. The highest BCUT2D eigenvalue weighted by Gasteiger charge is 2.22. The summed E-state index contributed by atoms with van der Waals surface area (Å²) in [6.07, 6.45) is 0. The summed E-state index contributed by atoms with van der Waals surface area (Å²) in [6, 6.07) is 3.72. The number of hydrogen-bond acceptors (Lipinski definition) is 5. The Morgan fingerprint density at radius 1 is 1.62 bits per heavy atom. The fraction of sp³-hybridized carbons (Fsp3) is 0.111. The van der Waals surface area contributed by atoms with Gasteiger partial charge in [0.15, 0.2) is 0 Å². The van der Waals surface area contributed by atoms with E-state index in [4.69, 9.17) is 16.1 Å². The van der Waals surface area contributed by atoms with Crippen molar-refractivity contribution in [3.63, 3.8) is 0 Å². The van der Waals surface area contributed by atoms with Crippen LogP contribution < -0.4 is 5.73 Å². The van der Waals surface area contributed by atoms with Crippen molar-refractivity contribution >= 4 is 11.7 Å². The van der Waals surface area contributed by atoms with Crippen LogP contribution in [-0.2, 0) is 6.54 Å². The molecule has 0 aliphatic carbocycles. The van der Waals surface area contributed by atoms with Gasteiger partial charge in [0.05, 0.1) is 16.6 Å². The van der Waals surface area contributed by atoms with Gasteiger partial charge in [-0.3, -0.25) is 10.1 Å². The number of carbonyl (C=O) groups is 1. The molecule has 0 heterocycles. The Hall–Kier alpha value is -2.46. The quantitative estimate of drug-likeness (QED) is 0.568. The summed E-state index contributed by atoms with van der Waals surface area (Å²) in [6.45, 7) is -0.0658. The third kappa shape index (κ3) is 1.97. The maximum absolute atomic E-state index is 10.7. The second kappa shape index (κ2) is 4.37. The van der Waals surface area contributed by atoms with E-state index in [1.807, 2.05) is 0 Å². The Balaban J connectivity index is 3.55. The maximum atomic E-state index is 10.7. The Morgan fingerprint density at radius 2 is 2.25 bits per heavy atom. The average molecular weight is 221 g/mol. The number of benzene rings is 1. The van der Waals surface area contributed by atoms with Crippen molar-refractivity contribution in [3.8, 4) is 6.07 Å². The highest BCUT2D eigenvalue weighted by Crippen LogP contribution is 2.23. The van der Waals surface area contributed by atoms with E-state index in [0.717, 1.165) is 12.1 Å². The standard InChI is InChI=1S/C9H7N3O4/c10-3-5-1-7(9(13)14)8(12(15)16)2-6(5)4-11/h1-2H,4,11H2,(H,13,14). The minimum atomic E-state index is -1.45. The molecule has 82 valence electrons. The predicted molar refractivity (Wildman–Crippen MR) is 52.7 cm³/mol. The maximum Gasteiger partial charge on any atom is 0.342 e. The summed E-state index contributed by atoms with van der Waals surface area (Å²) in [5.41, 5.74) is 4.50. The number of rotatable bonds is 3. The van der Waals surface area contributed by atoms with E-state index >= 15 is 0 Å². The molecule has 0 saturated heterocycles. The highest BCUT2D eigenvalue weighted by atomic mass is 16.6. The molecule has 0 amide bonds. The first-order valence-electron chi connectivity index (χ1n) is 4.16. The van der Waals surface area contributed by atoms with Crippen LogP contribution in [0.4, 0.5) is 5.69 Å². The van der Waals surface area contributed by atoms with Crippen LogP contribution in [0.25, 0.3) is 0 Å². The van der Waals surface area contributed by atoms with E-state index in [1.165, 1.54) is 0 Å². The van der Waals surface area contributed by atoms with Gasteiger partial charge in [-0.1, -0.05) is 0 Å². The lowest BCUT2D eigenvalue weighted by Gasteiger charge is -2.03. The zero-order valence-corrected chi connectivity index (χ0v) is 8.01. The van der Waals surface area contributed by atoms with Gasteiger partial charge in [0.25, 0.3) is 5.69 Å². The van der Waals surface area contributed by atoms with Gasteiger partial charge < -0.3 is 10.8 Å². The van der Waals surface area contributed by atoms with Crippen molar-refractivity contribution in [2.75, 3.05) is 0 Å². The Labute approximate surface area is 89.9 Å². The van der Waals surface area contributed by atoms with Gasteiger partial charge in [0, 0.05) is 12.6 Å². The fourth-order valence-electron chi connectivity index (χ4n) is 1.23. The minimum absolute atomic E-state index is 0.0329. The SMILES string of the molecule is N#Cc1cc(C(=O)O)c([N+](=O)[O-])cc1CN. The molecule has 0 atom stereocenters. The molecular weight excluding hydrogens is 214 g/mol. The molecule has 0 aromatic heterocycles. The molecule has 7 nitrogen and oxygen atoms in total. The summed E-state index contributed by atoms with van der Waals surface area (Å²) < 4.78 is 0. The largest absolute Gasteiger partial charge is 0.477 e. The topological polar surface area (TPSA) is 130 Å². The van der Waals surface area contributed by atoms with Gasteiger partial charge in [0.1, 0.15) is 5.56 Å². The van der Waals surface area contributed by atoms with Crippen molar-refractivity contribution in [2.24, 2.45) is 5.73 Å². The Morgan fingerprint density at radius 3 is 2.62 bits per heavy atom. The smallest absolute Gasteiger partial charge is 0.342 e. The molecule has 0 radical (unpaired) electrons. The van der Waals surface area contributed by atoms with Crippen LogP contribution in [0.5, 0.6) is 0 Å². The van der Waals surface area contributed by atoms with E-state index in [0.29, 0.717) is 0 Å². The summed E-state index contributed by atoms with van der Waals surface area (Å²) >= 11 is 0. The molecule has 0 spiro atoms. The third-order valence-electron chi connectivity index (χ3n) is 1.99. The zero-order valence-electron chi connectivity index (χ0n) is 8.01. The van der Waals surface area contributed by atoms with Crippen LogP contribution in [0.2, 0.25) is 0 Å². The van der Waals surface area contributed by atoms with Crippen LogP contribution in [0.3, 0.4) is 0 Å². The van der Waals surface area contributed by atoms with Crippen molar-refractivity contribution in [2.45, 2.75) is 6.54 Å². The van der Waals surface area contributed by atoms with Gasteiger partial charge in [-0.25, -0.2) is 4.79 Å². The Bertz CT molecular complexity index is 504. The fourth-order valence-corrected chi connectivity index (χ4v) is 1.23. The van der Waals surface area contributed by atoms with Gasteiger partial charge in [-0.05, 0) is 11.6 Å². The van der Waals surface area contributed by atoms with Crippen molar-refractivity contribution in [1.29, 1.82) is 5.26 Å². The van der Waals surface area contributed by atoms with Crippen molar-refractivity contribution < 1.29 is 14.8 Å². The van der Waals surface area contributed by atoms with E-state index < -0.39 is 22.1 Å². The molecule has 0 saturated carbocycles. The molecule has 3 N–H and O–H groups in total. The molecule has 0 aliphatic rings.